The lowest BCUT2D eigenvalue weighted by Gasteiger charge is -2.17. The molecule has 0 saturated heterocycles. The third kappa shape index (κ3) is 2.47. The molecule has 3 rings (SSSR count). The molecule has 0 atom stereocenters. The quantitative estimate of drug-likeness (QED) is 0.729. The zero-order valence-electron chi connectivity index (χ0n) is 11.7. The van der Waals surface area contributed by atoms with Crippen molar-refractivity contribution in [2.45, 2.75) is 39.5 Å². The standard InChI is InChI=1S/C16H17BrN2S/c1-9-7-11(8-10(2)14(9)17)15-18-13-6-4-3-5-12(13)16(20)19-15/h7-8H,3-6H2,1-2H3,(H,18,19,20). The predicted molar refractivity (Wildman–Crippen MR) is 88.7 cm³/mol. The second-order valence-corrected chi connectivity index (χ2v) is 6.66. The van der Waals surface area contributed by atoms with Gasteiger partial charge in [0.05, 0.1) is 0 Å². The van der Waals surface area contributed by atoms with Gasteiger partial charge in [-0.3, -0.25) is 0 Å². The third-order valence-corrected chi connectivity index (χ3v) is 5.51. The van der Waals surface area contributed by atoms with Crippen molar-refractivity contribution in [3.63, 3.8) is 0 Å². The van der Waals surface area contributed by atoms with Crippen LogP contribution in [0.15, 0.2) is 16.6 Å². The fourth-order valence-electron chi connectivity index (χ4n) is 2.84. The molecule has 0 bridgehead atoms. The SMILES string of the molecule is Cc1cc(-c2nc(=S)c3c([nH]2)CCCC3)cc(C)c1Br. The van der Waals surface area contributed by atoms with Gasteiger partial charge in [0, 0.05) is 21.3 Å². The van der Waals surface area contributed by atoms with Crippen LogP contribution in [0.2, 0.25) is 0 Å². The normalized spacial score (nSPS) is 14.2. The lowest BCUT2D eigenvalue weighted by Crippen LogP contribution is -2.08. The highest BCUT2D eigenvalue weighted by molar-refractivity contribution is 9.10. The van der Waals surface area contributed by atoms with Gasteiger partial charge in [0.2, 0.25) is 0 Å². The van der Waals surface area contributed by atoms with E-state index in [1.54, 1.807) is 0 Å². The van der Waals surface area contributed by atoms with Crippen molar-refractivity contribution in [3.05, 3.63) is 43.6 Å². The number of H-pyrrole nitrogens is 1. The second kappa shape index (κ2) is 5.41. The van der Waals surface area contributed by atoms with Crippen LogP contribution in [0.3, 0.4) is 0 Å². The van der Waals surface area contributed by atoms with Gasteiger partial charge in [0.1, 0.15) is 10.5 Å². The van der Waals surface area contributed by atoms with Crippen LogP contribution in [0.25, 0.3) is 11.4 Å². The summed E-state index contributed by atoms with van der Waals surface area (Å²) in [6.07, 6.45) is 4.61. The van der Waals surface area contributed by atoms with Crippen LogP contribution in [0.5, 0.6) is 0 Å². The minimum Gasteiger partial charge on any atom is -0.343 e. The van der Waals surface area contributed by atoms with Crippen LogP contribution in [0.1, 0.15) is 35.2 Å². The van der Waals surface area contributed by atoms with E-state index in [1.807, 2.05) is 0 Å². The van der Waals surface area contributed by atoms with E-state index in [0.717, 1.165) is 33.3 Å². The maximum Gasteiger partial charge on any atom is 0.139 e. The van der Waals surface area contributed by atoms with Crippen LogP contribution < -0.4 is 0 Å². The molecule has 0 unspecified atom stereocenters. The summed E-state index contributed by atoms with van der Waals surface area (Å²) in [5, 5.41) is 0. The third-order valence-electron chi connectivity index (χ3n) is 3.92. The number of aromatic amines is 1. The number of benzene rings is 1. The number of hydrogen-bond acceptors (Lipinski definition) is 2. The molecule has 2 nitrogen and oxygen atoms in total. The van der Waals surface area contributed by atoms with Gasteiger partial charge in [0.15, 0.2) is 0 Å². The molecule has 0 spiro atoms. The van der Waals surface area contributed by atoms with E-state index in [4.69, 9.17) is 12.2 Å². The smallest absolute Gasteiger partial charge is 0.139 e. The Hall–Kier alpha value is -1.00. The van der Waals surface area contributed by atoms with E-state index in [2.05, 4.69) is 51.9 Å². The van der Waals surface area contributed by atoms with Crippen molar-refractivity contribution in [2.24, 2.45) is 0 Å². The maximum absolute atomic E-state index is 5.48. The lowest BCUT2D eigenvalue weighted by atomic mass is 9.97. The summed E-state index contributed by atoms with van der Waals surface area (Å²) in [7, 11) is 0. The van der Waals surface area contributed by atoms with Gasteiger partial charge in [0.25, 0.3) is 0 Å². The second-order valence-electron chi connectivity index (χ2n) is 5.48. The Balaban J connectivity index is 2.16. The van der Waals surface area contributed by atoms with Crippen molar-refractivity contribution in [3.8, 4) is 11.4 Å². The highest BCUT2D eigenvalue weighted by Gasteiger charge is 2.14. The number of rotatable bonds is 1. The summed E-state index contributed by atoms with van der Waals surface area (Å²) in [6, 6.07) is 4.31. The molecule has 0 aliphatic heterocycles. The Morgan fingerprint density at radius 3 is 2.50 bits per heavy atom. The van der Waals surface area contributed by atoms with Gasteiger partial charge in [-0.1, -0.05) is 28.1 Å². The van der Waals surface area contributed by atoms with Crippen LogP contribution in [-0.4, -0.2) is 9.97 Å². The monoisotopic (exact) mass is 348 g/mol. The fourth-order valence-corrected chi connectivity index (χ4v) is 3.38. The largest absolute Gasteiger partial charge is 0.343 e. The molecule has 1 aromatic heterocycles. The number of halogens is 1. The first-order chi connectivity index (χ1) is 9.56. The Kier molecular flexibility index (Phi) is 3.78. The highest BCUT2D eigenvalue weighted by atomic mass is 79.9. The van der Waals surface area contributed by atoms with Crippen LogP contribution in [0.4, 0.5) is 0 Å². The highest BCUT2D eigenvalue weighted by Crippen LogP contribution is 2.28. The molecule has 1 N–H and O–H groups in total. The van der Waals surface area contributed by atoms with Gasteiger partial charge >= 0.3 is 0 Å². The van der Waals surface area contributed by atoms with E-state index >= 15 is 0 Å². The number of nitrogens with zero attached hydrogens (tertiary/aromatic N) is 1. The Labute approximate surface area is 132 Å². The number of aromatic nitrogens is 2. The summed E-state index contributed by atoms with van der Waals surface area (Å²) in [5.41, 5.74) is 6.09. The van der Waals surface area contributed by atoms with Gasteiger partial charge in [-0.2, -0.15) is 0 Å². The molecule has 20 heavy (non-hydrogen) atoms. The van der Waals surface area contributed by atoms with E-state index < -0.39 is 0 Å². The van der Waals surface area contributed by atoms with E-state index in [9.17, 15) is 0 Å². The number of nitrogens with one attached hydrogen (secondary N) is 1. The van der Waals surface area contributed by atoms with Gasteiger partial charge in [-0.15, -0.1) is 0 Å². The van der Waals surface area contributed by atoms with Gasteiger partial charge < -0.3 is 4.98 Å². The van der Waals surface area contributed by atoms with Crippen LogP contribution in [0, 0.1) is 18.5 Å². The van der Waals surface area contributed by atoms with Crippen molar-refractivity contribution in [1.29, 1.82) is 0 Å². The summed E-state index contributed by atoms with van der Waals surface area (Å²) < 4.78 is 1.93. The Bertz CT molecular complexity index is 711. The molecule has 0 fully saturated rings. The Morgan fingerprint density at radius 1 is 1.15 bits per heavy atom. The minimum atomic E-state index is 0.770. The first-order valence-corrected chi connectivity index (χ1v) is 8.15. The first kappa shape index (κ1) is 14.0. The minimum absolute atomic E-state index is 0.770. The molecule has 0 amide bonds. The fraction of sp³-hybridized carbons (Fsp3) is 0.375. The van der Waals surface area contributed by atoms with E-state index in [-0.39, 0.29) is 0 Å². The molecule has 2 aromatic rings. The molecule has 4 heteroatoms. The number of fused-ring (bicyclic) bond motifs is 1. The van der Waals surface area contributed by atoms with E-state index in [1.165, 1.54) is 35.2 Å². The molecule has 0 radical (unpaired) electrons. The van der Waals surface area contributed by atoms with Crippen molar-refractivity contribution >= 4 is 28.1 Å². The maximum atomic E-state index is 5.48. The summed E-state index contributed by atoms with van der Waals surface area (Å²) in [5.74, 6) is 0.898. The average molecular weight is 349 g/mol. The topological polar surface area (TPSA) is 28.7 Å². The molecule has 104 valence electrons. The summed E-state index contributed by atoms with van der Waals surface area (Å²) in [6.45, 7) is 4.21. The molecular weight excluding hydrogens is 332 g/mol. The van der Waals surface area contributed by atoms with Crippen molar-refractivity contribution in [1.82, 2.24) is 9.97 Å². The van der Waals surface area contributed by atoms with Crippen molar-refractivity contribution in [2.75, 3.05) is 0 Å². The zero-order chi connectivity index (χ0) is 14.3. The molecule has 1 aromatic carbocycles. The predicted octanol–water partition coefficient (Wildman–Crippen LogP) is 5.06. The number of hydrogen-bond donors (Lipinski definition) is 1. The zero-order valence-corrected chi connectivity index (χ0v) is 14.1. The molecule has 1 heterocycles. The average Bonchev–Trinajstić information content (AvgIpc) is 2.44. The first-order valence-electron chi connectivity index (χ1n) is 6.95. The lowest BCUT2D eigenvalue weighted by molar-refractivity contribution is 0.661. The molecular formula is C16H17BrN2S. The molecule has 1 aliphatic carbocycles. The summed E-state index contributed by atoms with van der Waals surface area (Å²) >= 11 is 9.09. The number of aryl methyl sites for hydroxylation is 3. The van der Waals surface area contributed by atoms with Gasteiger partial charge in [-0.25, -0.2) is 4.98 Å². The summed E-state index contributed by atoms with van der Waals surface area (Å²) in [4.78, 5) is 8.12. The molecule has 1 aliphatic rings. The molecule has 0 saturated carbocycles. The van der Waals surface area contributed by atoms with Crippen LogP contribution >= 0.6 is 28.1 Å². The van der Waals surface area contributed by atoms with Crippen molar-refractivity contribution < 1.29 is 0 Å². The van der Waals surface area contributed by atoms with Gasteiger partial charge in [-0.05, 0) is 62.8 Å². The Morgan fingerprint density at radius 2 is 1.80 bits per heavy atom. The van der Waals surface area contributed by atoms with E-state index in [0.29, 0.717) is 0 Å². The van der Waals surface area contributed by atoms with Crippen LogP contribution in [-0.2, 0) is 12.8 Å².